The maximum Gasteiger partial charge on any atom is 0.231 e. The molecule has 0 saturated carbocycles. The van der Waals surface area contributed by atoms with Gasteiger partial charge in [0.05, 0.1) is 11.6 Å². The molecule has 0 spiro atoms. The molecule has 0 aromatic heterocycles. The van der Waals surface area contributed by atoms with E-state index in [4.69, 9.17) is 5.73 Å². The Morgan fingerprint density at radius 2 is 2.00 bits per heavy atom. The number of halogens is 1. The first kappa shape index (κ1) is 14.1. The van der Waals surface area contributed by atoms with Gasteiger partial charge in [-0.1, -0.05) is 18.2 Å². The lowest BCUT2D eigenvalue weighted by Crippen LogP contribution is -2.19. The first-order valence-electron chi connectivity index (χ1n) is 6.40. The van der Waals surface area contributed by atoms with Gasteiger partial charge in [-0.2, -0.15) is 0 Å². The molecule has 0 bridgehead atoms. The molecule has 0 aliphatic heterocycles. The van der Waals surface area contributed by atoms with E-state index in [0.29, 0.717) is 5.69 Å². The smallest absolute Gasteiger partial charge is 0.231 e. The summed E-state index contributed by atoms with van der Waals surface area (Å²) in [4.78, 5) is 12.2. The molecular weight excluding hydrogens is 255 g/mol. The van der Waals surface area contributed by atoms with Crippen LogP contribution < -0.4 is 11.1 Å². The molecule has 0 heterocycles. The average Bonchev–Trinajstić information content (AvgIpc) is 2.42. The van der Waals surface area contributed by atoms with E-state index < -0.39 is 11.7 Å². The number of benzene rings is 2. The van der Waals surface area contributed by atoms with Gasteiger partial charge in [-0.15, -0.1) is 0 Å². The molecule has 20 heavy (non-hydrogen) atoms. The molecule has 1 amide bonds. The lowest BCUT2D eigenvalue weighted by molar-refractivity contribution is -0.117. The van der Waals surface area contributed by atoms with Gasteiger partial charge in [-0.25, -0.2) is 4.39 Å². The van der Waals surface area contributed by atoms with Crippen LogP contribution >= 0.6 is 0 Å². The molecule has 3 nitrogen and oxygen atoms in total. The van der Waals surface area contributed by atoms with Crippen molar-refractivity contribution in [1.29, 1.82) is 0 Å². The zero-order valence-corrected chi connectivity index (χ0v) is 11.5. The van der Waals surface area contributed by atoms with Crippen LogP contribution in [-0.4, -0.2) is 5.91 Å². The van der Waals surface area contributed by atoms with Gasteiger partial charge in [-0.3, -0.25) is 4.79 Å². The van der Waals surface area contributed by atoms with Crippen LogP contribution in [0.25, 0.3) is 0 Å². The fourth-order valence-corrected chi connectivity index (χ4v) is 1.96. The van der Waals surface area contributed by atoms with Crippen LogP contribution in [-0.2, 0) is 4.79 Å². The maximum atomic E-state index is 13.6. The number of nitrogens with two attached hydrogens (primary N) is 1. The van der Waals surface area contributed by atoms with Crippen LogP contribution in [0.3, 0.4) is 0 Å². The Morgan fingerprint density at radius 3 is 2.70 bits per heavy atom. The monoisotopic (exact) mass is 272 g/mol. The molecule has 1 unspecified atom stereocenters. The van der Waals surface area contributed by atoms with Crippen molar-refractivity contribution in [2.75, 3.05) is 11.1 Å². The third kappa shape index (κ3) is 3.15. The van der Waals surface area contributed by atoms with Crippen LogP contribution in [0.1, 0.15) is 24.0 Å². The van der Waals surface area contributed by atoms with E-state index >= 15 is 0 Å². The number of carbonyl (C=O) groups excluding carboxylic acids is 1. The molecule has 104 valence electrons. The van der Waals surface area contributed by atoms with Crippen molar-refractivity contribution in [2.24, 2.45) is 0 Å². The summed E-state index contributed by atoms with van der Waals surface area (Å²) in [6.45, 7) is 3.61. The Morgan fingerprint density at radius 1 is 1.25 bits per heavy atom. The van der Waals surface area contributed by atoms with Crippen molar-refractivity contribution in [3.05, 3.63) is 59.4 Å². The summed E-state index contributed by atoms with van der Waals surface area (Å²) in [7, 11) is 0. The standard InChI is InChI=1S/C16H17FN2O/c1-10-6-7-14(17)15(8-10)19-16(20)11(2)12-4-3-5-13(18)9-12/h3-9,11H,18H2,1-2H3,(H,19,20). The normalized spacial score (nSPS) is 11.9. The van der Waals surface area contributed by atoms with Crippen LogP contribution in [0.15, 0.2) is 42.5 Å². The second-order valence-electron chi connectivity index (χ2n) is 4.86. The van der Waals surface area contributed by atoms with Crippen molar-refractivity contribution < 1.29 is 9.18 Å². The molecule has 0 saturated heterocycles. The molecule has 0 fully saturated rings. The molecule has 2 aromatic carbocycles. The Balaban J connectivity index is 2.17. The Labute approximate surface area is 117 Å². The number of rotatable bonds is 3. The van der Waals surface area contributed by atoms with Gasteiger partial charge >= 0.3 is 0 Å². The van der Waals surface area contributed by atoms with Crippen molar-refractivity contribution in [1.82, 2.24) is 0 Å². The van der Waals surface area contributed by atoms with Crippen LogP contribution in [0.4, 0.5) is 15.8 Å². The van der Waals surface area contributed by atoms with Crippen molar-refractivity contribution in [3.63, 3.8) is 0 Å². The molecule has 1 atom stereocenters. The third-order valence-electron chi connectivity index (χ3n) is 3.18. The number of carbonyl (C=O) groups is 1. The molecule has 0 aliphatic carbocycles. The number of anilines is 2. The number of hydrogen-bond acceptors (Lipinski definition) is 2. The minimum atomic E-state index is -0.441. The first-order valence-corrected chi connectivity index (χ1v) is 6.40. The summed E-state index contributed by atoms with van der Waals surface area (Å²) in [6.07, 6.45) is 0. The van der Waals surface area contributed by atoms with Gasteiger partial charge in [0.1, 0.15) is 5.82 Å². The predicted octanol–water partition coefficient (Wildman–Crippen LogP) is 3.46. The second-order valence-corrected chi connectivity index (χ2v) is 4.86. The molecule has 2 rings (SSSR count). The minimum absolute atomic E-state index is 0.200. The summed E-state index contributed by atoms with van der Waals surface area (Å²) in [6, 6.07) is 11.7. The fraction of sp³-hybridized carbons (Fsp3) is 0.188. The highest BCUT2D eigenvalue weighted by molar-refractivity contribution is 5.95. The van der Waals surface area contributed by atoms with Crippen molar-refractivity contribution >= 4 is 17.3 Å². The van der Waals surface area contributed by atoms with Gasteiger partial charge in [0.25, 0.3) is 0 Å². The van der Waals surface area contributed by atoms with E-state index in [-0.39, 0.29) is 11.6 Å². The summed E-state index contributed by atoms with van der Waals surface area (Å²) in [5.74, 6) is -1.11. The Bertz CT molecular complexity index is 640. The van der Waals surface area contributed by atoms with E-state index in [1.807, 2.05) is 13.0 Å². The van der Waals surface area contributed by atoms with Gasteiger partial charge in [0, 0.05) is 5.69 Å². The van der Waals surface area contributed by atoms with E-state index in [2.05, 4.69) is 5.32 Å². The molecule has 0 radical (unpaired) electrons. The number of nitrogens with one attached hydrogen (secondary N) is 1. The number of aryl methyl sites for hydroxylation is 1. The number of nitrogen functional groups attached to an aromatic ring is 1. The summed E-state index contributed by atoms with van der Waals surface area (Å²) in [5, 5.41) is 2.61. The maximum absolute atomic E-state index is 13.6. The Kier molecular flexibility index (Phi) is 4.03. The van der Waals surface area contributed by atoms with Gasteiger partial charge < -0.3 is 11.1 Å². The molecule has 4 heteroatoms. The highest BCUT2D eigenvalue weighted by Crippen LogP contribution is 2.21. The molecule has 2 aromatic rings. The van der Waals surface area contributed by atoms with E-state index in [0.717, 1.165) is 11.1 Å². The van der Waals surface area contributed by atoms with Crippen molar-refractivity contribution in [2.45, 2.75) is 19.8 Å². The van der Waals surface area contributed by atoms with Crippen LogP contribution in [0.2, 0.25) is 0 Å². The zero-order chi connectivity index (χ0) is 14.7. The van der Waals surface area contributed by atoms with Gasteiger partial charge in [-0.05, 0) is 49.2 Å². The van der Waals surface area contributed by atoms with Crippen molar-refractivity contribution in [3.8, 4) is 0 Å². The van der Waals surface area contributed by atoms with E-state index in [1.54, 1.807) is 37.3 Å². The summed E-state index contributed by atoms with van der Waals surface area (Å²) < 4.78 is 13.6. The zero-order valence-electron chi connectivity index (χ0n) is 11.5. The number of hydrogen-bond donors (Lipinski definition) is 2. The third-order valence-corrected chi connectivity index (χ3v) is 3.18. The van der Waals surface area contributed by atoms with Crippen LogP contribution in [0, 0.1) is 12.7 Å². The highest BCUT2D eigenvalue weighted by atomic mass is 19.1. The quantitative estimate of drug-likeness (QED) is 0.841. The summed E-state index contributed by atoms with van der Waals surface area (Å²) >= 11 is 0. The number of amides is 1. The van der Waals surface area contributed by atoms with Gasteiger partial charge in [0.2, 0.25) is 5.91 Å². The molecule has 3 N–H and O–H groups in total. The van der Waals surface area contributed by atoms with E-state index in [1.165, 1.54) is 6.07 Å². The lowest BCUT2D eigenvalue weighted by atomic mass is 9.99. The summed E-state index contributed by atoms with van der Waals surface area (Å²) in [5.41, 5.74) is 8.19. The molecule has 0 aliphatic rings. The minimum Gasteiger partial charge on any atom is -0.399 e. The lowest BCUT2D eigenvalue weighted by Gasteiger charge is -2.14. The van der Waals surface area contributed by atoms with Gasteiger partial charge in [0.15, 0.2) is 0 Å². The second kappa shape index (κ2) is 5.74. The largest absolute Gasteiger partial charge is 0.399 e. The molecular formula is C16H17FN2O. The van der Waals surface area contributed by atoms with E-state index in [9.17, 15) is 9.18 Å². The Hall–Kier alpha value is -2.36. The average molecular weight is 272 g/mol. The predicted molar refractivity (Wildman–Crippen MR) is 79.0 cm³/mol. The van der Waals surface area contributed by atoms with Crippen LogP contribution in [0.5, 0.6) is 0 Å². The SMILES string of the molecule is Cc1ccc(F)c(NC(=O)C(C)c2cccc(N)c2)c1. The topological polar surface area (TPSA) is 55.1 Å². The fourth-order valence-electron chi connectivity index (χ4n) is 1.96. The highest BCUT2D eigenvalue weighted by Gasteiger charge is 2.17. The first-order chi connectivity index (χ1) is 9.47.